The minimum absolute atomic E-state index is 0.0947. The molecule has 0 atom stereocenters. The Hall–Kier alpha value is -1.92. The van der Waals surface area contributed by atoms with Crippen molar-refractivity contribution in [2.75, 3.05) is 39.8 Å². The standard InChI is InChI=1S/C19H26N4O2/c1-22-9-6-19(14-22)7-10-23(11-8-19)18(24)13-25-12-17-20-15-4-2-3-5-16(15)21-17/h2-5H,6-14H2,1H3,(H,20,21). The van der Waals surface area contributed by atoms with Gasteiger partial charge in [-0.1, -0.05) is 12.1 Å². The second kappa shape index (κ2) is 6.77. The number of para-hydroxylation sites is 2. The fourth-order valence-corrected chi connectivity index (χ4v) is 4.20. The molecule has 1 amide bonds. The van der Waals surface area contributed by atoms with E-state index < -0.39 is 0 Å². The zero-order valence-corrected chi connectivity index (χ0v) is 14.8. The van der Waals surface area contributed by atoms with Gasteiger partial charge >= 0.3 is 0 Å². The number of amides is 1. The number of nitrogens with zero attached hydrogens (tertiary/aromatic N) is 3. The van der Waals surface area contributed by atoms with Crippen molar-refractivity contribution in [3.63, 3.8) is 0 Å². The van der Waals surface area contributed by atoms with Gasteiger partial charge in [-0.25, -0.2) is 4.98 Å². The van der Waals surface area contributed by atoms with Crippen molar-refractivity contribution in [2.45, 2.75) is 25.9 Å². The SMILES string of the molecule is CN1CCC2(CCN(C(=O)COCc3nc4ccccc4[nH]3)CC2)C1. The Morgan fingerprint density at radius 1 is 1.24 bits per heavy atom. The van der Waals surface area contributed by atoms with Gasteiger partial charge < -0.3 is 19.5 Å². The Balaban J connectivity index is 1.24. The summed E-state index contributed by atoms with van der Waals surface area (Å²) in [5.74, 6) is 0.859. The number of benzene rings is 1. The predicted molar refractivity (Wildman–Crippen MR) is 96.1 cm³/mol. The highest BCUT2D eigenvalue weighted by Gasteiger charge is 2.40. The number of hydrogen-bond acceptors (Lipinski definition) is 4. The Morgan fingerprint density at radius 2 is 2.00 bits per heavy atom. The lowest BCUT2D eigenvalue weighted by Gasteiger charge is -2.39. The van der Waals surface area contributed by atoms with Crippen molar-refractivity contribution in [1.82, 2.24) is 19.8 Å². The van der Waals surface area contributed by atoms with E-state index in [0.29, 0.717) is 12.0 Å². The predicted octanol–water partition coefficient (Wildman–Crippen LogP) is 2.02. The summed E-state index contributed by atoms with van der Waals surface area (Å²) in [5.41, 5.74) is 2.37. The topological polar surface area (TPSA) is 61.5 Å². The van der Waals surface area contributed by atoms with E-state index in [2.05, 4.69) is 21.9 Å². The molecule has 6 nitrogen and oxygen atoms in total. The van der Waals surface area contributed by atoms with Crippen LogP contribution in [0.4, 0.5) is 0 Å². The van der Waals surface area contributed by atoms with Crippen molar-refractivity contribution in [3.8, 4) is 0 Å². The molecule has 2 saturated heterocycles. The van der Waals surface area contributed by atoms with Gasteiger partial charge in [-0.15, -0.1) is 0 Å². The number of H-pyrrole nitrogens is 1. The Labute approximate surface area is 148 Å². The van der Waals surface area contributed by atoms with E-state index in [1.165, 1.54) is 19.5 Å². The van der Waals surface area contributed by atoms with E-state index in [-0.39, 0.29) is 12.5 Å². The molecule has 0 bridgehead atoms. The Kier molecular flexibility index (Phi) is 4.48. The van der Waals surface area contributed by atoms with Gasteiger partial charge in [0.2, 0.25) is 5.91 Å². The third kappa shape index (κ3) is 3.55. The van der Waals surface area contributed by atoms with Crippen molar-refractivity contribution in [2.24, 2.45) is 5.41 Å². The quantitative estimate of drug-likeness (QED) is 0.923. The summed E-state index contributed by atoms with van der Waals surface area (Å²) in [6, 6.07) is 7.88. The first-order chi connectivity index (χ1) is 12.1. The Morgan fingerprint density at radius 3 is 2.72 bits per heavy atom. The zero-order valence-electron chi connectivity index (χ0n) is 14.8. The van der Waals surface area contributed by atoms with Crippen LogP contribution >= 0.6 is 0 Å². The summed E-state index contributed by atoms with van der Waals surface area (Å²) in [6.45, 7) is 4.56. The van der Waals surface area contributed by atoms with Crippen LogP contribution in [-0.4, -0.2) is 65.5 Å². The fourth-order valence-electron chi connectivity index (χ4n) is 4.20. The number of rotatable bonds is 4. The first kappa shape index (κ1) is 16.5. The normalized spacial score (nSPS) is 20.6. The molecule has 0 saturated carbocycles. The third-order valence-electron chi connectivity index (χ3n) is 5.71. The largest absolute Gasteiger partial charge is 0.364 e. The molecule has 3 heterocycles. The van der Waals surface area contributed by atoms with E-state index in [0.717, 1.165) is 42.8 Å². The summed E-state index contributed by atoms with van der Waals surface area (Å²) >= 11 is 0. The van der Waals surface area contributed by atoms with Crippen molar-refractivity contribution in [1.29, 1.82) is 0 Å². The van der Waals surface area contributed by atoms with Crippen LogP contribution in [0.15, 0.2) is 24.3 Å². The molecule has 6 heteroatoms. The van der Waals surface area contributed by atoms with E-state index in [1.807, 2.05) is 29.2 Å². The molecule has 2 aliphatic heterocycles. The minimum atomic E-state index is 0.0947. The summed E-state index contributed by atoms with van der Waals surface area (Å²) in [4.78, 5) is 24.4. The highest BCUT2D eigenvalue weighted by Crippen LogP contribution is 2.39. The van der Waals surface area contributed by atoms with Gasteiger partial charge in [-0.3, -0.25) is 4.79 Å². The molecule has 2 aromatic rings. The number of likely N-dealkylation sites (tertiary alicyclic amines) is 2. The lowest BCUT2D eigenvalue weighted by molar-refractivity contribution is -0.138. The number of carbonyl (C=O) groups excluding carboxylic acids is 1. The fraction of sp³-hybridized carbons (Fsp3) is 0.579. The number of aromatic amines is 1. The molecule has 1 spiro atoms. The third-order valence-corrected chi connectivity index (χ3v) is 5.71. The number of imidazole rings is 1. The molecule has 4 rings (SSSR count). The number of aromatic nitrogens is 2. The summed E-state index contributed by atoms with van der Waals surface area (Å²) in [7, 11) is 2.19. The van der Waals surface area contributed by atoms with Crippen molar-refractivity contribution < 1.29 is 9.53 Å². The highest BCUT2D eigenvalue weighted by molar-refractivity contribution is 5.77. The molecule has 2 fully saturated rings. The molecule has 1 N–H and O–H groups in total. The van der Waals surface area contributed by atoms with E-state index in [4.69, 9.17) is 4.74 Å². The number of ether oxygens (including phenoxy) is 1. The van der Waals surface area contributed by atoms with Gasteiger partial charge in [-0.2, -0.15) is 0 Å². The van der Waals surface area contributed by atoms with Gasteiger partial charge in [0, 0.05) is 19.6 Å². The maximum Gasteiger partial charge on any atom is 0.248 e. The zero-order chi connectivity index (χ0) is 17.3. The van der Waals surface area contributed by atoms with E-state index in [9.17, 15) is 4.79 Å². The maximum absolute atomic E-state index is 12.4. The van der Waals surface area contributed by atoms with Crippen LogP contribution in [0.25, 0.3) is 11.0 Å². The number of carbonyl (C=O) groups is 1. The summed E-state index contributed by atoms with van der Waals surface area (Å²) < 4.78 is 5.61. The molecule has 0 radical (unpaired) electrons. The maximum atomic E-state index is 12.4. The van der Waals surface area contributed by atoms with Crippen LogP contribution in [0, 0.1) is 5.41 Å². The molecule has 134 valence electrons. The highest BCUT2D eigenvalue weighted by atomic mass is 16.5. The number of fused-ring (bicyclic) bond motifs is 1. The Bertz CT molecular complexity index is 716. The lowest BCUT2D eigenvalue weighted by atomic mass is 9.78. The van der Waals surface area contributed by atoms with E-state index >= 15 is 0 Å². The first-order valence-electron chi connectivity index (χ1n) is 9.11. The second-order valence-corrected chi connectivity index (χ2v) is 7.56. The second-order valence-electron chi connectivity index (χ2n) is 7.56. The first-order valence-corrected chi connectivity index (χ1v) is 9.11. The van der Waals surface area contributed by atoms with Gasteiger partial charge in [0.25, 0.3) is 0 Å². The average molecular weight is 342 g/mol. The van der Waals surface area contributed by atoms with Gasteiger partial charge in [0.05, 0.1) is 11.0 Å². The molecule has 0 aliphatic carbocycles. The van der Waals surface area contributed by atoms with Crippen LogP contribution in [0.5, 0.6) is 0 Å². The monoisotopic (exact) mass is 342 g/mol. The molecular formula is C19H26N4O2. The van der Waals surface area contributed by atoms with Gasteiger partial charge in [-0.05, 0) is 50.4 Å². The summed E-state index contributed by atoms with van der Waals surface area (Å²) in [6.07, 6.45) is 3.51. The molecule has 1 aromatic heterocycles. The van der Waals surface area contributed by atoms with Crippen molar-refractivity contribution in [3.05, 3.63) is 30.1 Å². The lowest BCUT2D eigenvalue weighted by Crippen LogP contribution is -2.45. The molecule has 0 unspecified atom stereocenters. The molecule has 1 aromatic carbocycles. The minimum Gasteiger partial charge on any atom is -0.364 e. The van der Waals surface area contributed by atoms with Gasteiger partial charge in [0.1, 0.15) is 19.0 Å². The number of nitrogens with one attached hydrogen (secondary N) is 1. The van der Waals surface area contributed by atoms with Crippen LogP contribution in [0.3, 0.4) is 0 Å². The molecule has 2 aliphatic rings. The smallest absolute Gasteiger partial charge is 0.248 e. The van der Waals surface area contributed by atoms with Crippen LogP contribution < -0.4 is 0 Å². The van der Waals surface area contributed by atoms with Crippen LogP contribution in [0.2, 0.25) is 0 Å². The van der Waals surface area contributed by atoms with E-state index in [1.54, 1.807) is 0 Å². The number of hydrogen-bond donors (Lipinski definition) is 1. The van der Waals surface area contributed by atoms with Gasteiger partial charge in [0.15, 0.2) is 0 Å². The molecule has 25 heavy (non-hydrogen) atoms. The molecular weight excluding hydrogens is 316 g/mol. The van der Waals surface area contributed by atoms with Crippen molar-refractivity contribution >= 4 is 16.9 Å². The number of piperidine rings is 1. The van der Waals surface area contributed by atoms with Crippen LogP contribution in [-0.2, 0) is 16.1 Å². The summed E-state index contributed by atoms with van der Waals surface area (Å²) in [5, 5.41) is 0. The average Bonchev–Trinajstić information content (AvgIpc) is 3.18. The van der Waals surface area contributed by atoms with Crippen LogP contribution in [0.1, 0.15) is 25.1 Å².